The van der Waals surface area contributed by atoms with Gasteiger partial charge < -0.3 is 9.84 Å². The van der Waals surface area contributed by atoms with Crippen LogP contribution in [0.4, 0.5) is 26.3 Å². The molecule has 2 aliphatic rings. The molecule has 2 fully saturated rings. The van der Waals surface area contributed by atoms with Crippen LogP contribution in [0.1, 0.15) is 44.9 Å². The van der Waals surface area contributed by atoms with Gasteiger partial charge in [0.1, 0.15) is 0 Å². The predicted octanol–water partition coefficient (Wildman–Crippen LogP) is 3.97. The van der Waals surface area contributed by atoms with E-state index >= 15 is 0 Å². The molecular weight excluding hydrogens is 302 g/mol. The molecule has 1 N–H and O–H groups in total. The molecule has 0 amide bonds. The number of alkyl halides is 6. The van der Waals surface area contributed by atoms with Gasteiger partial charge in [-0.1, -0.05) is 25.7 Å². The van der Waals surface area contributed by atoms with E-state index in [9.17, 15) is 31.4 Å². The maximum Gasteiger partial charge on any atom is 0.423 e. The van der Waals surface area contributed by atoms with Gasteiger partial charge in [-0.2, -0.15) is 26.3 Å². The number of aliphatic hydroxyl groups is 1. The van der Waals surface area contributed by atoms with Crippen LogP contribution in [-0.2, 0) is 4.74 Å². The van der Waals surface area contributed by atoms with Crippen LogP contribution in [0, 0.1) is 5.41 Å². The van der Waals surface area contributed by atoms with Crippen LogP contribution in [0.15, 0.2) is 0 Å². The van der Waals surface area contributed by atoms with Crippen molar-refractivity contribution in [3.8, 4) is 0 Å². The number of hydrogen-bond acceptors (Lipinski definition) is 2. The quantitative estimate of drug-likeness (QED) is 0.780. The van der Waals surface area contributed by atoms with Crippen LogP contribution in [0.25, 0.3) is 0 Å². The van der Waals surface area contributed by atoms with Crippen LogP contribution >= 0.6 is 0 Å². The minimum atomic E-state index is -5.50. The van der Waals surface area contributed by atoms with Crippen molar-refractivity contribution < 1.29 is 36.2 Å². The Morgan fingerprint density at radius 3 is 1.76 bits per heavy atom. The van der Waals surface area contributed by atoms with E-state index in [0.29, 0.717) is 25.7 Å². The van der Waals surface area contributed by atoms with Crippen molar-refractivity contribution in [2.45, 2.75) is 75.6 Å². The van der Waals surface area contributed by atoms with Crippen LogP contribution in [-0.4, -0.2) is 35.8 Å². The second-order valence-electron chi connectivity index (χ2n) is 5.99. The first kappa shape index (κ1) is 16.9. The van der Waals surface area contributed by atoms with Crippen LogP contribution in [0.2, 0.25) is 0 Å². The maximum atomic E-state index is 12.6. The third-order valence-electron chi connectivity index (χ3n) is 4.67. The summed E-state index contributed by atoms with van der Waals surface area (Å²) >= 11 is 0. The van der Waals surface area contributed by atoms with Crippen molar-refractivity contribution in [3.63, 3.8) is 0 Å². The average molecular weight is 320 g/mol. The van der Waals surface area contributed by atoms with E-state index in [-0.39, 0.29) is 6.42 Å². The molecule has 0 aliphatic heterocycles. The molecule has 0 radical (unpaired) electrons. The third kappa shape index (κ3) is 3.31. The Labute approximate surface area is 118 Å². The molecule has 2 nitrogen and oxygen atoms in total. The van der Waals surface area contributed by atoms with E-state index in [4.69, 9.17) is 0 Å². The van der Waals surface area contributed by atoms with Gasteiger partial charge in [0.25, 0.3) is 0 Å². The van der Waals surface area contributed by atoms with Crippen molar-refractivity contribution in [1.29, 1.82) is 0 Å². The van der Waals surface area contributed by atoms with Crippen molar-refractivity contribution in [2.24, 2.45) is 5.41 Å². The Hall–Kier alpha value is -0.500. The van der Waals surface area contributed by atoms with E-state index in [0.717, 1.165) is 12.8 Å². The number of aliphatic hydroxyl groups excluding tert-OH is 1. The fourth-order valence-corrected chi connectivity index (χ4v) is 3.46. The zero-order valence-electron chi connectivity index (χ0n) is 11.3. The standard InChI is InChI=1S/C13H18F6O2/c14-12(15,16)10(13(17,18)19)21-9-7-8(20)11(9)5-3-1-2-4-6-11/h8-10,20H,1-7H2. The summed E-state index contributed by atoms with van der Waals surface area (Å²) in [6.07, 6.45) is -13.0. The highest BCUT2D eigenvalue weighted by Crippen LogP contribution is 2.54. The van der Waals surface area contributed by atoms with Crippen LogP contribution in [0.5, 0.6) is 0 Å². The van der Waals surface area contributed by atoms with Crippen molar-refractivity contribution >= 4 is 0 Å². The van der Waals surface area contributed by atoms with Gasteiger partial charge in [-0.05, 0) is 12.8 Å². The Bertz CT molecular complexity index is 343. The monoisotopic (exact) mass is 320 g/mol. The molecule has 1 spiro atoms. The van der Waals surface area contributed by atoms with E-state index in [1.165, 1.54) is 0 Å². The molecule has 2 unspecified atom stereocenters. The molecule has 2 rings (SSSR count). The van der Waals surface area contributed by atoms with Crippen molar-refractivity contribution in [3.05, 3.63) is 0 Å². The summed E-state index contributed by atoms with van der Waals surface area (Å²) in [7, 11) is 0. The largest absolute Gasteiger partial charge is 0.423 e. The van der Waals surface area contributed by atoms with Crippen molar-refractivity contribution in [2.75, 3.05) is 0 Å². The van der Waals surface area contributed by atoms with Gasteiger partial charge in [-0.3, -0.25) is 0 Å². The zero-order valence-corrected chi connectivity index (χ0v) is 11.3. The van der Waals surface area contributed by atoms with Gasteiger partial charge in [-0.25, -0.2) is 0 Å². The summed E-state index contributed by atoms with van der Waals surface area (Å²) in [6.45, 7) is 0. The number of ether oxygens (including phenoxy) is 1. The lowest BCUT2D eigenvalue weighted by molar-refractivity contribution is -0.356. The highest BCUT2D eigenvalue weighted by Gasteiger charge is 2.63. The summed E-state index contributed by atoms with van der Waals surface area (Å²) in [5.41, 5.74) is -0.939. The molecule has 0 saturated heterocycles. The lowest BCUT2D eigenvalue weighted by Gasteiger charge is -2.54. The molecule has 8 heteroatoms. The van der Waals surface area contributed by atoms with Gasteiger partial charge >= 0.3 is 12.4 Å². The Balaban J connectivity index is 2.13. The molecule has 0 aromatic carbocycles. The van der Waals surface area contributed by atoms with E-state index in [2.05, 4.69) is 4.74 Å². The minimum absolute atomic E-state index is 0.164. The predicted molar refractivity (Wildman–Crippen MR) is 61.5 cm³/mol. The fourth-order valence-electron chi connectivity index (χ4n) is 3.46. The Morgan fingerprint density at radius 1 is 0.905 bits per heavy atom. The maximum absolute atomic E-state index is 12.6. The van der Waals surface area contributed by atoms with E-state index in [1.807, 2.05) is 0 Å². The second kappa shape index (κ2) is 5.61. The van der Waals surface area contributed by atoms with Gasteiger partial charge in [0.2, 0.25) is 6.10 Å². The van der Waals surface area contributed by atoms with Gasteiger partial charge in [0, 0.05) is 11.8 Å². The van der Waals surface area contributed by atoms with Gasteiger partial charge in [0.05, 0.1) is 12.2 Å². The molecule has 0 aromatic rings. The van der Waals surface area contributed by atoms with Crippen LogP contribution < -0.4 is 0 Å². The van der Waals surface area contributed by atoms with Gasteiger partial charge in [-0.15, -0.1) is 0 Å². The molecular formula is C13H18F6O2. The highest BCUT2D eigenvalue weighted by atomic mass is 19.4. The lowest BCUT2D eigenvalue weighted by Crippen LogP contribution is -2.61. The second-order valence-corrected chi connectivity index (χ2v) is 5.99. The fraction of sp³-hybridized carbons (Fsp3) is 1.00. The first-order valence-corrected chi connectivity index (χ1v) is 7.04. The summed E-state index contributed by atoms with van der Waals surface area (Å²) in [4.78, 5) is 0. The molecule has 2 saturated carbocycles. The highest BCUT2D eigenvalue weighted by molar-refractivity contribution is 5.05. The Morgan fingerprint density at radius 2 is 1.38 bits per heavy atom. The first-order chi connectivity index (χ1) is 9.57. The summed E-state index contributed by atoms with van der Waals surface area (Å²) < 4.78 is 79.8. The van der Waals surface area contributed by atoms with Crippen LogP contribution in [0.3, 0.4) is 0 Å². The molecule has 2 aliphatic carbocycles. The number of halogens is 6. The summed E-state index contributed by atoms with van der Waals surface area (Å²) in [5.74, 6) is 0. The normalized spacial score (nSPS) is 30.3. The number of hydrogen-bond donors (Lipinski definition) is 1. The van der Waals surface area contributed by atoms with E-state index < -0.39 is 36.1 Å². The average Bonchev–Trinajstić information content (AvgIpc) is 2.58. The molecule has 2 atom stereocenters. The topological polar surface area (TPSA) is 29.5 Å². The van der Waals surface area contributed by atoms with Crippen molar-refractivity contribution in [1.82, 2.24) is 0 Å². The molecule has 124 valence electrons. The lowest BCUT2D eigenvalue weighted by atomic mass is 9.59. The minimum Gasteiger partial charge on any atom is -0.392 e. The third-order valence-corrected chi connectivity index (χ3v) is 4.67. The summed E-state index contributed by atoms with van der Waals surface area (Å²) in [6, 6.07) is 0. The Kier molecular flexibility index (Phi) is 4.50. The summed E-state index contributed by atoms with van der Waals surface area (Å²) in [5, 5.41) is 9.89. The molecule has 0 aromatic heterocycles. The molecule has 0 heterocycles. The smallest absolute Gasteiger partial charge is 0.392 e. The first-order valence-electron chi connectivity index (χ1n) is 7.04. The zero-order chi connectivity index (χ0) is 15.9. The SMILES string of the molecule is OC1CC(OC(C(F)(F)F)C(F)(F)F)C12CCCCCC2. The molecule has 21 heavy (non-hydrogen) atoms. The number of rotatable bonds is 2. The van der Waals surface area contributed by atoms with E-state index in [1.54, 1.807) is 0 Å². The molecule has 0 bridgehead atoms. The van der Waals surface area contributed by atoms with Gasteiger partial charge in [0.15, 0.2) is 0 Å².